The topological polar surface area (TPSA) is 82.2 Å². The van der Waals surface area contributed by atoms with Crippen LogP contribution in [0.5, 0.6) is 17.4 Å². The Bertz CT molecular complexity index is 1430. The number of carbonyl (C=O) groups is 1. The number of anilines is 5. The number of hydrogen-bond donors (Lipinski definition) is 2. The van der Waals surface area contributed by atoms with Crippen molar-refractivity contribution >= 4 is 34.5 Å². The number of pyridine rings is 1. The van der Waals surface area contributed by atoms with E-state index in [0.717, 1.165) is 80.2 Å². The normalized spacial score (nSPS) is 15.7. The third kappa shape index (κ3) is 7.40. The minimum absolute atomic E-state index is 0.267. The van der Waals surface area contributed by atoms with Crippen LogP contribution >= 0.6 is 0 Å². The molecule has 228 valence electrons. The Kier molecular flexibility index (Phi) is 9.72. The van der Waals surface area contributed by atoms with Crippen LogP contribution < -0.4 is 29.9 Å². The van der Waals surface area contributed by atoms with Gasteiger partial charge in [0.05, 0.1) is 12.8 Å². The maximum atomic E-state index is 12.0. The lowest BCUT2D eigenvalue weighted by atomic mass is 10.0. The van der Waals surface area contributed by atoms with E-state index in [9.17, 15) is 4.79 Å². The van der Waals surface area contributed by atoms with Gasteiger partial charge in [-0.15, -0.1) is 0 Å². The van der Waals surface area contributed by atoms with Gasteiger partial charge in [-0.3, -0.25) is 4.79 Å². The first-order valence-electron chi connectivity index (χ1n) is 15.2. The van der Waals surface area contributed by atoms with Crippen molar-refractivity contribution in [3.8, 4) is 17.4 Å². The Morgan fingerprint density at radius 3 is 2.44 bits per heavy atom. The SMILES string of the molecule is C=CC(=O)Nc1cc(Oc2nc(Nc3ccc(N4CCC(N(C)C)CC4)cc3OC)ccc2N2CCCCC2)ccc1C. The van der Waals surface area contributed by atoms with Gasteiger partial charge in [0.2, 0.25) is 11.8 Å². The van der Waals surface area contributed by atoms with Crippen LogP contribution in [0.25, 0.3) is 0 Å². The molecular formula is C34H44N6O3. The third-order valence-electron chi connectivity index (χ3n) is 8.41. The van der Waals surface area contributed by atoms with E-state index in [-0.39, 0.29) is 5.91 Å². The molecule has 43 heavy (non-hydrogen) atoms. The minimum atomic E-state index is -0.267. The molecule has 0 bridgehead atoms. The van der Waals surface area contributed by atoms with Crippen LogP contribution in [0.15, 0.2) is 61.2 Å². The van der Waals surface area contributed by atoms with Crippen LogP contribution in [0.1, 0.15) is 37.7 Å². The number of nitrogens with one attached hydrogen (secondary N) is 2. The Morgan fingerprint density at radius 1 is 0.977 bits per heavy atom. The Hall–Kier alpha value is -4.24. The van der Waals surface area contributed by atoms with Crippen LogP contribution in [0.2, 0.25) is 0 Å². The first-order valence-corrected chi connectivity index (χ1v) is 15.2. The van der Waals surface area contributed by atoms with E-state index in [1.165, 1.54) is 12.5 Å². The highest BCUT2D eigenvalue weighted by Gasteiger charge is 2.22. The predicted octanol–water partition coefficient (Wildman–Crippen LogP) is 6.58. The first-order chi connectivity index (χ1) is 20.8. The molecule has 1 aromatic heterocycles. The zero-order valence-corrected chi connectivity index (χ0v) is 25.9. The molecular weight excluding hydrogens is 540 g/mol. The van der Waals surface area contributed by atoms with Gasteiger partial charge in [0, 0.05) is 55.7 Å². The lowest BCUT2D eigenvalue weighted by Crippen LogP contribution is -2.41. The summed E-state index contributed by atoms with van der Waals surface area (Å²) in [7, 11) is 6.02. The number of aryl methyl sites for hydroxylation is 1. The summed E-state index contributed by atoms with van der Waals surface area (Å²) in [6.45, 7) is 9.46. The van der Waals surface area contributed by atoms with Gasteiger partial charge in [0.25, 0.3) is 0 Å². The fraction of sp³-hybridized carbons (Fsp3) is 0.412. The van der Waals surface area contributed by atoms with Crippen LogP contribution in [-0.4, -0.2) is 69.2 Å². The summed E-state index contributed by atoms with van der Waals surface area (Å²) in [5.41, 5.74) is 4.55. The largest absolute Gasteiger partial charge is 0.494 e. The maximum absolute atomic E-state index is 12.0. The second kappa shape index (κ2) is 13.8. The number of methoxy groups -OCH3 is 1. The van der Waals surface area contributed by atoms with E-state index in [0.29, 0.717) is 29.2 Å². The molecule has 2 aromatic carbocycles. The Morgan fingerprint density at radius 2 is 1.74 bits per heavy atom. The number of carbonyl (C=O) groups excluding carboxylic acids is 1. The number of piperidine rings is 2. The summed E-state index contributed by atoms with van der Waals surface area (Å²) in [5.74, 6) is 2.25. The molecule has 9 heteroatoms. The molecule has 3 aromatic rings. The van der Waals surface area contributed by atoms with Crippen molar-refractivity contribution in [2.75, 3.05) is 67.8 Å². The van der Waals surface area contributed by atoms with Crippen LogP contribution in [0, 0.1) is 6.92 Å². The summed E-state index contributed by atoms with van der Waals surface area (Å²) in [6.07, 6.45) is 7.05. The fourth-order valence-electron chi connectivity index (χ4n) is 5.81. The number of hydrogen-bond acceptors (Lipinski definition) is 8. The summed E-state index contributed by atoms with van der Waals surface area (Å²) < 4.78 is 12.2. The average Bonchev–Trinajstić information content (AvgIpc) is 3.03. The second-order valence-electron chi connectivity index (χ2n) is 11.5. The molecule has 0 saturated carbocycles. The number of ether oxygens (including phenoxy) is 2. The molecule has 0 aliphatic carbocycles. The number of rotatable bonds is 10. The standard InChI is InChI=1S/C34H44N6O3/c1-6-33(41)36-29-23-27(12-10-24(29)2)43-34-30(40-18-8-7-9-19-40)14-15-32(37-34)35-28-13-11-26(22-31(28)42-5)39-20-16-25(17-21-39)38(3)4/h6,10-15,22-23,25H,1,7-9,16-21H2,2-5H3,(H,35,37)(H,36,41). The van der Waals surface area contributed by atoms with E-state index >= 15 is 0 Å². The molecule has 5 rings (SSSR count). The van der Waals surface area contributed by atoms with Gasteiger partial charge in [-0.2, -0.15) is 4.98 Å². The number of amides is 1. The zero-order valence-electron chi connectivity index (χ0n) is 25.9. The predicted molar refractivity (Wildman–Crippen MR) is 176 cm³/mol. The molecule has 2 saturated heterocycles. The summed E-state index contributed by atoms with van der Waals surface area (Å²) >= 11 is 0. The van der Waals surface area contributed by atoms with E-state index < -0.39 is 0 Å². The molecule has 3 heterocycles. The van der Waals surface area contributed by atoms with Crippen molar-refractivity contribution in [2.24, 2.45) is 0 Å². The summed E-state index contributed by atoms with van der Waals surface area (Å²) in [5, 5.41) is 6.31. The van der Waals surface area contributed by atoms with Crippen molar-refractivity contribution in [2.45, 2.75) is 45.1 Å². The van der Waals surface area contributed by atoms with Crippen LogP contribution in [0.3, 0.4) is 0 Å². The van der Waals surface area contributed by atoms with Crippen molar-refractivity contribution in [3.05, 3.63) is 66.7 Å². The minimum Gasteiger partial charge on any atom is -0.494 e. The maximum Gasteiger partial charge on any atom is 0.247 e. The average molecular weight is 585 g/mol. The Balaban J connectivity index is 1.39. The highest BCUT2D eigenvalue weighted by atomic mass is 16.5. The number of aromatic nitrogens is 1. The van der Waals surface area contributed by atoms with Gasteiger partial charge < -0.3 is 34.8 Å². The molecule has 2 aliphatic heterocycles. The molecule has 2 aliphatic rings. The molecule has 0 spiro atoms. The van der Waals surface area contributed by atoms with Crippen LogP contribution in [-0.2, 0) is 4.79 Å². The van der Waals surface area contributed by atoms with E-state index in [4.69, 9.17) is 14.5 Å². The van der Waals surface area contributed by atoms with Gasteiger partial charge in [-0.25, -0.2) is 0 Å². The van der Waals surface area contributed by atoms with Gasteiger partial charge in [-0.05, 0) is 95.1 Å². The monoisotopic (exact) mass is 584 g/mol. The lowest BCUT2D eigenvalue weighted by molar-refractivity contribution is -0.111. The number of nitrogens with zero attached hydrogens (tertiary/aromatic N) is 4. The number of benzene rings is 2. The van der Waals surface area contributed by atoms with Crippen LogP contribution in [0.4, 0.5) is 28.6 Å². The highest BCUT2D eigenvalue weighted by Crippen LogP contribution is 2.37. The molecule has 1 amide bonds. The quantitative estimate of drug-likeness (QED) is 0.259. The Labute approximate surface area is 255 Å². The third-order valence-corrected chi connectivity index (χ3v) is 8.41. The van der Waals surface area contributed by atoms with Crippen molar-refractivity contribution < 1.29 is 14.3 Å². The summed E-state index contributed by atoms with van der Waals surface area (Å²) in [4.78, 5) is 24.0. The van der Waals surface area contributed by atoms with E-state index in [1.807, 2.05) is 31.2 Å². The van der Waals surface area contributed by atoms with Gasteiger partial charge >= 0.3 is 0 Å². The van der Waals surface area contributed by atoms with Crippen molar-refractivity contribution in [1.82, 2.24) is 9.88 Å². The van der Waals surface area contributed by atoms with Crippen molar-refractivity contribution in [3.63, 3.8) is 0 Å². The summed E-state index contributed by atoms with van der Waals surface area (Å²) in [6, 6.07) is 16.6. The second-order valence-corrected chi connectivity index (χ2v) is 11.5. The fourth-order valence-corrected chi connectivity index (χ4v) is 5.81. The zero-order chi connectivity index (χ0) is 30.3. The first kappa shape index (κ1) is 30.2. The van der Waals surface area contributed by atoms with Gasteiger partial charge in [-0.1, -0.05) is 12.6 Å². The molecule has 0 radical (unpaired) electrons. The molecule has 2 N–H and O–H groups in total. The van der Waals surface area contributed by atoms with Gasteiger partial charge in [0.1, 0.15) is 23.0 Å². The van der Waals surface area contributed by atoms with E-state index in [2.05, 4.69) is 70.3 Å². The molecule has 0 atom stereocenters. The van der Waals surface area contributed by atoms with Gasteiger partial charge in [0.15, 0.2) is 0 Å². The lowest BCUT2D eigenvalue weighted by Gasteiger charge is -2.36. The smallest absolute Gasteiger partial charge is 0.247 e. The van der Waals surface area contributed by atoms with Crippen molar-refractivity contribution in [1.29, 1.82) is 0 Å². The molecule has 2 fully saturated rings. The van der Waals surface area contributed by atoms with E-state index in [1.54, 1.807) is 7.11 Å². The highest BCUT2D eigenvalue weighted by molar-refractivity contribution is 5.99. The molecule has 9 nitrogen and oxygen atoms in total. The molecule has 0 unspecified atom stereocenters.